The highest BCUT2D eigenvalue weighted by Crippen LogP contribution is 2.15. The van der Waals surface area contributed by atoms with Crippen LogP contribution in [0.1, 0.15) is 26.2 Å². The Labute approximate surface area is 145 Å². The Kier molecular flexibility index (Phi) is 6.10. The average molecular weight is 330 g/mol. The van der Waals surface area contributed by atoms with Gasteiger partial charge in [-0.25, -0.2) is 0 Å². The van der Waals surface area contributed by atoms with Gasteiger partial charge in [0.25, 0.3) is 0 Å². The number of amides is 1. The summed E-state index contributed by atoms with van der Waals surface area (Å²) in [6.45, 7) is 8.32. The Morgan fingerprint density at radius 1 is 1.25 bits per heavy atom. The summed E-state index contributed by atoms with van der Waals surface area (Å²) < 4.78 is 0. The Bertz CT molecular complexity index is 507. The fourth-order valence-corrected chi connectivity index (χ4v) is 3.75. The molecule has 2 aliphatic rings. The van der Waals surface area contributed by atoms with Gasteiger partial charge < -0.3 is 15.5 Å². The van der Waals surface area contributed by atoms with Crippen LogP contribution in [0.3, 0.4) is 0 Å². The third-order valence-electron chi connectivity index (χ3n) is 5.03. The number of carbonyl (C=O) groups excluding carboxylic acids is 1. The van der Waals surface area contributed by atoms with Gasteiger partial charge in [0.05, 0.1) is 0 Å². The van der Waals surface area contributed by atoms with Gasteiger partial charge in [0.1, 0.15) is 0 Å². The second-order valence-corrected chi connectivity index (χ2v) is 7.09. The van der Waals surface area contributed by atoms with Gasteiger partial charge in [-0.1, -0.05) is 18.2 Å². The van der Waals surface area contributed by atoms with E-state index < -0.39 is 0 Å². The normalized spacial score (nSPS) is 23.2. The molecule has 0 radical (unpaired) electrons. The minimum absolute atomic E-state index is 0.185. The van der Waals surface area contributed by atoms with Crippen molar-refractivity contribution in [3.05, 3.63) is 30.3 Å². The molecule has 0 aliphatic carbocycles. The molecule has 1 amide bonds. The van der Waals surface area contributed by atoms with E-state index in [0.29, 0.717) is 12.5 Å². The second kappa shape index (κ2) is 8.49. The van der Waals surface area contributed by atoms with Gasteiger partial charge in [0.15, 0.2) is 0 Å². The van der Waals surface area contributed by atoms with Crippen LogP contribution in [-0.2, 0) is 4.79 Å². The molecule has 2 fully saturated rings. The summed E-state index contributed by atoms with van der Waals surface area (Å²) in [6.07, 6.45) is 2.94. The molecule has 2 aliphatic heterocycles. The number of carbonyl (C=O) groups is 1. The lowest BCUT2D eigenvalue weighted by Gasteiger charge is -2.37. The molecule has 2 atom stereocenters. The zero-order valence-electron chi connectivity index (χ0n) is 14.7. The molecule has 0 bridgehead atoms. The molecule has 132 valence electrons. The van der Waals surface area contributed by atoms with E-state index in [1.54, 1.807) is 0 Å². The molecule has 3 rings (SSSR count). The third-order valence-corrected chi connectivity index (χ3v) is 5.03. The number of benzene rings is 1. The third kappa shape index (κ3) is 4.95. The van der Waals surface area contributed by atoms with Crippen LogP contribution in [0.5, 0.6) is 0 Å². The van der Waals surface area contributed by atoms with Crippen LogP contribution in [0.4, 0.5) is 5.69 Å². The number of anilines is 1. The molecule has 0 aromatic heterocycles. The van der Waals surface area contributed by atoms with Crippen LogP contribution in [0.25, 0.3) is 0 Å². The first-order chi connectivity index (χ1) is 11.7. The molecule has 5 heteroatoms. The minimum Gasteiger partial charge on any atom is -0.369 e. The van der Waals surface area contributed by atoms with E-state index in [1.165, 1.54) is 12.1 Å². The molecule has 0 saturated carbocycles. The van der Waals surface area contributed by atoms with Crippen molar-refractivity contribution in [2.75, 3.05) is 44.2 Å². The maximum absolute atomic E-state index is 12.1. The highest BCUT2D eigenvalue weighted by Gasteiger charge is 2.21. The van der Waals surface area contributed by atoms with Crippen molar-refractivity contribution in [1.29, 1.82) is 0 Å². The topological polar surface area (TPSA) is 47.6 Å². The van der Waals surface area contributed by atoms with E-state index in [1.807, 2.05) is 0 Å². The quantitative estimate of drug-likeness (QED) is 0.829. The van der Waals surface area contributed by atoms with Crippen molar-refractivity contribution >= 4 is 11.6 Å². The zero-order chi connectivity index (χ0) is 16.8. The first kappa shape index (κ1) is 17.2. The summed E-state index contributed by atoms with van der Waals surface area (Å²) in [5, 5.41) is 6.55. The van der Waals surface area contributed by atoms with Crippen LogP contribution in [0.2, 0.25) is 0 Å². The molecule has 2 heterocycles. The molecule has 2 N–H and O–H groups in total. The van der Waals surface area contributed by atoms with Gasteiger partial charge in [-0.05, 0) is 38.4 Å². The standard InChI is InChI=1S/C19H30N4O/c1-16(21-19(24)14-17-6-5-9-20-17)15-22-10-12-23(13-11-22)18-7-3-2-4-8-18/h2-4,7-8,16-17,20H,5-6,9-15H2,1H3,(H,21,24). The molecule has 1 aromatic rings. The lowest BCUT2D eigenvalue weighted by atomic mass is 10.1. The number of para-hydroxylation sites is 1. The monoisotopic (exact) mass is 330 g/mol. The molecule has 1 aromatic carbocycles. The summed E-state index contributed by atoms with van der Waals surface area (Å²) in [5.41, 5.74) is 1.31. The van der Waals surface area contributed by atoms with E-state index in [2.05, 4.69) is 57.7 Å². The first-order valence-electron chi connectivity index (χ1n) is 9.26. The largest absolute Gasteiger partial charge is 0.369 e. The second-order valence-electron chi connectivity index (χ2n) is 7.09. The summed E-state index contributed by atoms with van der Waals surface area (Å²) >= 11 is 0. The van der Waals surface area contributed by atoms with Gasteiger partial charge in [-0.2, -0.15) is 0 Å². The fourth-order valence-electron chi connectivity index (χ4n) is 3.75. The van der Waals surface area contributed by atoms with E-state index in [0.717, 1.165) is 45.7 Å². The maximum Gasteiger partial charge on any atom is 0.221 e. The molecule has 5 nitrogen and oxygen atoms in total. The summed E-state index contributed by atoms with van der Waals surface area (Å²) in [4.78, 5) is 17.0. The summed E-state index contributed by atoms with van der Waals surface area (Å²) in [6, 6.07) is 11.2. The Morgan fingerprint density at radius 3 is 2.67 bits per heavy atom. The molecular weight excluding hydrogens is 300 g/mol. The Hall–Kier alpha value is -1.59. The van der Waals surface area contributed by atoms with Crippen molar-refractivity contribution in [3.8, 4) is 0 Å². The maximum atomic E-state index is 12.1. The molecule has 2 unspecified atom stereocenters. The minimum atomic E-state index is 0.185. The van der Waals surface area contributed by atoms with E-state index >= 15 is 0 Å². The van der Waals surface area contributed by atoms with E-state index in [-0.39, 0.29) is 11.9 Å². The molecule has 0 spiro atoms. The summed E-state index contributed by atoms with van der Waals surface area (Å²) in [5.74, 6) is 0.185. The first-order valence-corrected chi connectivity index (χ1v) is 9.26. The van der Waals surface area contributed by atoms with Crippen LogP contribution < -0.4 is 15.5 Å². The fraction of sp³-hybridized carbons (Fsp3) is 0.632. The van der Waals surface area contributed by atoms with Crippen LogP contribution in [0, 0.1) is 0 Å². The van der Waals surface area contributed by atoms with Crippen LogP contribution >= 0.6 is 0 Å². The van der Waals surface area contributed by atoms with Crippen LogP contribution in [0.15, 0.2) is 30.3 Å². The lowest BCUT2D eigenvalue weighted by Crippen LogP contribution is -2.51. The highest BCUT2D eigenvalue weighted by molar-refractivity contribution is 5.76. The van der Waals surface area contributed by atoms with Gasteiger partial charge in [0.2, 0.25) is 5.91 Å². The van der Waals surface area contributed by atoms with Crippen molar-refractivity contribution in [2.24, 2.45) is 0 Å². The smallest absolute Gasteiger partial charge is 0.221 e. The lowest BCUT2D eigenvalue weighted by molar-refractivity contribution is -0.122. The van der Waals surface area contributed by atoms with Crippen LogP contribution in [-0.4, -0.2) is 62.2 Å². The van der Waals surface area contributed by atoms with Crippen molar-refractivity contribution in [2.45, 2.75) is 38.3 Å². The van der Waals surface area contributed by atoms with E-state index in [4.69, 9.17) is 0 Å². The number of hydrogen-bond acceptors (Lipinski definition) is 4. The number of nitrogens with zero attached hydrogens (tertiary/aromatic N) is 2. The summed E-state index contributed by atoms with van der Waals surface area (Å²) in [7, 11) is 0. The average Bonchev–Trinajstić information content (AvgIpc) is 3.09. The molecular formula is C19H30N4O. The van der Waals surface area contributed by atoms with Crippen molar-refractivity contribution < 1.29 is 4.79 Å². The highest BCUT2D eigenvalue weighted by atomic mass is 16.1. The van der Waals surface area contributed by atoms with E-state index in [9.17, 15) is 4.79 Å². The van der Waals surface area contributed by atoms with Crippen molar-refractivity contribution in [3.63, 3.8) is 0 Å². The van der Waals surface area contributed by atoms with Crippen molar-refractivity contribution in [1.82, 2.24) is 15.5 Å². The number of hydrogen-bond donors (Lipinski definition) is 2. The number of piperazine rings is 1. The number of rotatable bonds is 6. The van der Waals surface area contributed by atoms with Gasteiger partial charge >= 0.3 is 0 Å². The molecule has 2 saturated heterocycles. The van der Waals surface area contributed by atoms with Gasteiger partial charge in [-0.15, -0.1) is 0 Å². The zero-order valence-corrected chi connectivity index (χ0v) is 14.7. The van der Waals surface area contributed by atoms with Gasteiger partial charge in [0, 0.05) is 56.9 Å². The molecule has 24 heavy (non-hydrogen) atoms. The predicted molar refractivity (Wildman–Crippen MR) is 98.3 cm³/mol. The Morgan fingerprint density at radius 2 is 2.00 bits per heavy atom. The Balaban J connectivity index is 1.36. The SMILES string of the molecule is CC(CN1CCN(c2ccccc2)CC1)NC(=O)CC1CCCN1. The number of nitrogens with one attached hydrogen (secondary N) is 2. The van der Waals surface area contributed by atoms with Gasteiger partial charge in [-0.3, -0.25) is 9.69 Å². The predicted octanol–water partition coefficient (Wildman–Crippen LogP) is 1.46.